The fourth-order valence-corrected chi connectivity index (χ4v) is 6.55. The molecule has 0 unspecified atom stereocenters. The molecule has 10 nitrogen and oxygen atoms in total. The van der Waals surface area contributed by atoms with E-state index >= 15 is 8.78 Å². The highest BCUT2D eigenvalue weighted by Crippen LogP contribution is 2.47. The Morgan fingerprint density at radius 3 is 2.67 bits per heavy atom. The van der Waals surface area contributed by atoms with Gasteiger partial charge < -0.3 is 5.32 Å². The van der Waals surface area contributed by atoms with Crippen molar-refractivity contribution in [3.8, 4) is 6.07 Å². The lowest BCUT2D eigenvalue weighted by molar-refractivity contribution is -0.0861. The highest BCUT2D eigenvalue weighted by Gasteiger charge is 2.47. The zero-order chi connectivity index (χ0) is 29.8. The van der Waals surface area contributed by atoms with E-state index in [1.807, 2.05) is 19.2 Å². The molecule has 2 fully saturated rings. The zero-order valence-electron chi connectivity index (χ0n) is 24.0. The van der Waals surface area contributed by atoms with Crippen LogP contribution in [0.2, 0.25) is 0 Å². The first-order valence-electron chi connectivity index (χ1n) is 14.9. The number of benzene rings is 1. The van der Waals surface area contributed by atoms with Gasteiger partial charge in [-0.1, -0.05) is 23.4 Å². The van der Waals surface area contributed by atoms with Crippen molar-refractivity contribution < 1.29 is 8.78 Å². The Morgan fingerprint density at radius 1 is 1.09 bits per heavy atom. The van der Waals surface area contributed by atoms with Gasteiger partial charge in [-0.2, -0.15) is 5.26 Å². The number of nitrogens with zero attached hydrogens (tertiary/aromatic N) is 8. The molecule has 1 aromatic carbocycles. The van der Waals surface area contributed by atoms with Crippen LogP contribution in [-0.4, -0.2) is 47.5 Å². The second-order valence-electron chi connectivity index (χ2n) is 12.2. The Labute approximate surface area is 247 Å². The molecule has 3 aliphatic heterocycles. The first kappa shape index (κ1) is 27.6. The van der Waals surface area contributed by atoms with E-state index < -0.39 is 17.3 Å². The lowest BCUT2D eigenvalue weighted by Crippen LogP contribution is -2.39. The molecule has 222 valence electrons. The number of nitrogens with one attached hydrogen (secondary N) is 1. The number of pyridine rings is 1. The van der Waals surface area contributed by atoms with Crippen LogP contribution in [-0.2, 0) is 31.0 Å². The summed E-state index contributed by atoms with van der Waals surface area (Å²) in [5.74, 6) is -3.23. The van der Waals surface area contributed by atoms with Crippen LogP contribution in [0.1, 0.15) is 67.5 Å². The van der Waals surface area contributed by atoms with E-state index in [2.05, 4.69) is 36.6 Å². The van der Waals surface area contributed by atoms with Crippen LogP contribution < -0.4 is 10.9 Å². The molecule has 0 spiro atoms. The molecule has 4 aliphatic rings. The van der Waals surface area contributed by atoms with Gasteiger partial charge in [-0.25, -0.2) is 18.7 Å². The van der Waals surface area contributed by atoms with Gasteiger partial charge in [-0.05, 0) is 69.8 Å². The van der Waals surface area contributed by atoms with Gasteiger partial charge in [0.1, 0.15) is 17.8 Å². The van der Waals surface area contributed by atoms with Gasteiger partial charge in [0.05, 0.1) is 22.6 Å². The summed E-state index contributed by atoms with van der Waals surface area (Å²) in [6, 6.07) is 10.4. The van der Waals surface area contributed by atoms with Gasteiger partial charge in [0.15, 0.2) is 0 Å². The van der Waals surface area contributed by atoms with Gasteiger partial charge in [0.2, 0.25) is 0 Å². The molecule has 0 radical (unpaired) electrons. The van der Waals surface area contributed by atoms with E-state index in [0.717, 1.165) is 5.69 Å². The maximum atomic E-state index is 15.9. The van der Waals surface area contributed by atoms with E-state index in [1.165, 1.54) is 12.4 Å². The first-order valence-corrected chi connectivity index (χ1v) is 14.9. The predicted octanol–water partition coefficient (Wildman–Crippen LogP) is 4.52. The minimum absolute atomic E-state index is 0.0132. The van der Waals surface area contributed by atoms with Gasteiger partial charge in [0, 0.05) is 48.9 Å². The molecule has 0 amide bonds. The Morgan fingerprint density at radius 2 is 1.91 bits per heavy atom. The number of fused-ring (bicyclic) bond motifs is 5. The lowest BCUT2D eigenvalue weighted by atomic mass is 9.85. The first-order chi connectivity index (χ1) is 20.8. The minimum Gasteiger partial charge on any atom is -0.363 e. The number of anilines is 1. The molecule has 12 heteroatoms. The van der Waals surface area contributed by atoms with Crippen molar-refractivity contribution in [3.63, 3.8) is 0 Å². The number of aryl methyl sites for hydroxylation is 2. The molecular weight excluding hydrogens is 552 g/mol. The molecule has 10 bridgehead atoms. The number of rotatable bonds is 1. The summed E-state index contributed by atoms with van der Waals surface area (Å²) in [7, 11) is 0. The summed E-state index contributed by atoms with van der Waals surface area (Å²) in [6.45, 7) is 4.50. The third-order valence-corrected chi connectivity index (χ3v) is 9.33. The van der Waals surface area contributed by atoms with E-state index in [9.17, 15) is 10.1 Å². The van der Waals surface area contributed by atoms with Crippen LogP contribution in [0.15, 0.2) is 47.7 Å². The van der Waals surface area contributed by atoms with E-state index in [4.69, 9.17) is 0 Å². The second kappa shape index (κ2) is 10.5. The summed E-state index contributed by atoms with van der Waals surface area (Å²) in [5.41, 5.74) is 1.38. The fraction of sp³-hybridized carbons (Fsp3) is 0.484. The number of alkyl halides is 2. The standard InChI is InChI=1S/C31H33F2N9O/c1-20-21-4-2-5-23(14-21)31(32,33)22-6-12-40(13-7-22)16-24-17-41(39-38-24)10-3-11-42-28-25(27(37-20)35-19-36-28)15-26(29(42)43)30(18-34)8-9-30/h2,4-5,14-15,17,19-20,22H,3,6-13,16H2,1H3,(H,35,36,37)/t20-/m0/s1. The fourth-order valence-electron chi connectivity index (χ4n) is 6.55. The molecule has 1 N–H and O–H groups in total. The third-order valence-electron chi connectivity index (χ3n) is 9.33. The Balaban J connectivity index is 1.33. The van der Waals surface area contributed by atoms with Crippen LogP contribution >= 0.6 is 0 Å². The van der Waals surface area contributed by atoms with Crippen molar-refractivity contribution in [2.75, 3.05) is 18.4 Å². The number of hydrogen-bond acceptors (Lipinski definition) is 8. The van der Waals surface area contributed by atoms with Crippen LogP contribution in [0.5, 0.6) is 0 Å². The monoisotopic (exact) mass is 585 g/mol. The summed E-state index contributed by atoms with van der Waals surface area (Å²) < 4.78 is 35.1. The summed E-state index contributed by atoms with van der Waals surface area (Å²) in [6.07, 6.45) is 5.92. The summed E-state index contributed by atoms with van der Waals surface area (Å²) in [4.78, 5) is 24.9. The van der Waals surface area contributed by atoms with E-state index in [0.29, 0.717) is 92.8 Å². The topological polar surface area (TPSA) is 118 Å². The number of halogens is 2. The van der Waals surface area contributed by atoms with Crippen LogP contribution in [0, 0.1) is 17.2 Å². The quantitative estimate of drug-likeness (QED) is 0.347. The molecule has 1 saturated heterocycles. The Kier molecular flexibility index (Phi) is 6.73. The van der Waals surface area contributed by atoms with Crippen molar-refractivity contribution in [2.24, 2.45) is 5.92 Å². The maximum Gasteiger partial charge on any atom is 0.276 e. The van der Waals surface area contributed by atoms with Gasteiger partial charge in [0.25, 0.3) is 11.5 Å². The zero-order valence-corrected chi connectivity index (χ0v) is 24.0. The predicted molar refractivity (Wildman–Crippen MR) is 155 cm³/mol. The normalized spacial score (nSPS) is 24.6. The largest absolute Gasteiger partial charge is 0.363 e. The second-order valence-corrected chi connectivity index (χ2v) is 12.2. The highest BCUT2D eigenvalue weighted by atomic mass is 19.3. The smallest absolute Gasteiger partial charge is 0.276 e. The van der Waals surface area contributed by atoms with Crippen LogP contribution in [0.25, 0.3) is 11.0 Å². The molecule has 1 aliphatic carbocycles. The molecule has 8 rings (SSSR count). The molecule has 6 heterocycles. The van der Waals surface area contributed by atoms with Gasteiger partial charge in [-0.15, -0.1) is 5.10 Å². The summed E-state index contributed by atoms with van der Waals surface area (Å²) in [5, 5.41) is 22.5. The third kappa shape index (κ3) is 4.95. The molecule has 3 aromatic heterocycles. The maximum absolute atomic E-state index is 15.9. The number of aromatic nitrogens is 6. The number of piperidine rings is 1. The Bertz CT molecular complexity index is 1780. The summed E-state index contributed by atoms with van der Waals surface area (Å²) >= 11 is 0. The van der Waals surface area contributed by atoms with Crippen molar-refractivity contribution >= 4 is 16.9 Å². The van der Waals surface area contributed by atoms with Crippen molar-refractivity contribution in [3.05, 3.63) is 75.6 Å². The molecule has 43 heavy (non-hydrogen) atoms. The molecule has 4 aromatic rings. The average Bonchev–Trinajstić information content (AvgIpc) is 3.69. The molecule has 1 saturated carbocycles. The lowest BCUT2D eigenvalue weighted by Gasteiger charge is -2.36. The van der Waals surface area contributed by atoms with E-state index in [-0.39, 0.29) is 17.2 Å². The number of hydrogen-bond donors (Lipinski definition) is 1. The van der Waals surface area contributed by atoms with Crippen LogP contribution in [0.4, 0.5) is 14.6 Å². The molecule has 1 atom stereocenters. The average molecular weight is 586 g/mol. The SMILES string of the molecule is C[C@@H]1Nc2ncnc3c2cc(C2(C#N)CC2)c(=O)n3CCCn2cc(nn2)CN2CCC(CC2)C(F)(F)c2cccc1c2. The minimum atomic E-state index is -2.97. The van der Waals surface area contributed by atoms with Crippen molar-refractivity contribution in [1.29, 1.82) is 5.26 Å². The Hall–Kier alpha value is -4.24. The molecular formula is C31H33F2N9O. The van der Waals surface area contributed by atoms with Gasteiger partial charge >= 0.3 is 0 Å². The van der Waals surface area contributed by atoms with Crippen LogP contribution in [0.3, 0.4) is 0 Å². The highest BCUT2D eigenvalue weighted by molar-refractivity contribution is 5.87. The van der Waals surface area contributed by atoms with Gasteiger partial charge in [-0.3, -0.25) is 18.9 Å². The van der Waals surface area contributed by atoms with E-state index in [1.54, 1.807) is 27.4 Å². The van der Waals surface area contributed by atoms with Crippen molar-refractivity contribution in [2.45, 2.75) is 76.0 Å². The van der Waals surface area contributed by atoms with Crippen molar-refractivity contribution in [1.82, 2.24) is 34.4 Å². The number of nitriles is 1.